The lowest BCUT2D eigenvalue weighted by Gasteiger charge is -2.28. The Morgan fingerprint density at radius 1 is 1.44 bits per heavy atom. The second-order valence-corrected chi connectivity index (χ2v) is 5.29. The number of nitrogens with two attached hydrogens (primary N) is 1. The smallest absolute Gasteiger partial charge is 0.0602 e. The molecule has 1 rings (SSSR count). The maximum Gasteiger partial charge on any atom is 0.0602 e. The van der Waals surface area contributed by atoms with Gasteiger partial charge in [0.25, 0.3) is 0 Å². The molecular weight excluding hydrogens is 216 g/mol. The molecule has 0 amide bonds. The Morgan fingerprint density at radius 2 is 2.12 bits per heavy atom. The van der Waals surface area contributed by atoms with Gasteiger partial charge in [0, 0.05) is 13.1 Å². The van der Waals surface area contributed by atoms with Crippen molar-refractivity contribution in [1.82, 2.24) is 0 Å². The molecule has 0 saturated carbocycles. The standard InChI is InChI=1S/C13H22N2S/c1-10-5-6-12(14)13(9-10)15(3)11(2)7-8-16-4/h5-6,9,11H,7-8,14H2,1-4H3. The molecule has 0 aromatic heterocycles. The largest absolute Gasteiger partial charge is 0.397 e. The molecule has 0 fully saturated rings. The van der Waals surface area contributed by atoms with E-state index >= 15 is 0 Å². The van der Waals surface area contributed by atoms with Crippen molar-refractivity contribution >= 4 is 23.1 Å². The lowest BCUT2D eigenvalue weighted by atomic mass is 10.1. The number of anilines is 2. The molecule has 1 aromatic rings. The van der Waals surface area contributed by atoms with Gasteiger partial charge in [0.05, 0.1) is 11.4 Å². The highest BCUT2D eigenvalue weighted by Crippen LogP contribution is 2.25. The number of nitrogens with zero attached hydrogens (tertiary/aromatic N) is 1. The maximum absolute atomic E-state index is 6.01. The van der Waals surface area contributed by atoms with Gasteiger partial charge >= 0.3 is 0 Å². The Kier molecular flexibility index (Phi) is 5.00. The third-order valence-electron chi connectivity index (χ3n) is 2.97. The van der Waals surface area contributed by atoms with E-state index in [0.717, 1.165) is 11.4 Å². The first-order valence-electron chi connectivity index (χ1n) is 5.64. The van der Waals surface area contributed by atoms with E-state index in [1.807, 2.05) is 17.8 Å². The summed E-state index contributed by atoms with van der Waals surface area (Å²) in [6.07, 6.45) is 3.33. The van der Waals surface area contributed by atoms with Crippen LogP contribution in [0.3, 0.4) is 0 Å². The molecule has 1 unspecified atom stereocenters. The summed E-state index contributed by atoms with van der Waals surface area (Å²) < 4.78 is 0. The SMILES string of the molecule is CSCCC(C)N(C)c1cc(C)ccc1N. The number of benzene rings is 1. The Morgan fingerprint density at radius 3 is 2.75 bits per heavy atom. The van der Waals surface area contributed by atoms with Crippen LogP contribution in [0.15, 0.2) is 18.2 Å². The second kappa shape index (κ2) is 6.04. The fourth-order valence-electron chi connectivity index (χ4n) is 1.68. The molecule has 0 bridgehead atoms. The van der Waals surface area contributed by atoms with Crippen LogP contribution in [0.2, 0.25) is 0 Å². The van der Waals surface area contributed by atoms with Gasteiger partial charge in [0.15, 0.2) is 0 Å². The Labute approximate surface area is 103 Å². The normalized spacial score (nSPS) is 12.5. The molecule has 2 nitrogen and oxygen atoms in total. The number of rotatable bonds is 5. The molecule has 0 aliphatic rings. The highest BCUT2D eigenvalue weighted by atomic mass is 32.2. The molecule has 0 saturated heterocycles. The highest BCUT2D eigenvalue weighted by Gasteiger charge is 2.12. The van der Waals surface area contributed by atoms with Gasteiger partial charge in [-0.2, -0.15) is 11.8 Å². The molecule has 0 heterocycles. The molecule has 1 aromatic carbocycles. The van der Waals surface area contributed by atoms with Crippen LogP contribution >= 0.6 is 11.8 Å². The van der Waals surface area contributed by atoms with Gasteiger partial charge in [0.1, 0.15) is 0 Å². The van der Waals surface area contributed by atoms with Crippen molar-refractivity contribution in [3.8, 4) is 0 Å². The minimum atomic E-state index is 0.525. The zero-order valence-corrected chi connectivity index (χ0v) is 11.5. The van der Waals surface area contributed by atoms with Crippen molar-refractivity contribution in [1.29, 1.82) is 0 Å². The third kappa shape index (κ3) is 3.34. The quantitative estimate of drug-likeness (QED) is 0.799. The van der Waals surface area contributed by atoms with Crippen LogP contribution in [0.4, 0.5) is 11.4 Å². The lowest BCUT2D eigenvalue weighted by Crippen LogP contribution is -2.30. The fraction of sp³-hybridized carbons (Fsp3) is 0.538. The summed E-state index contributed by atoms with van der Waals surface area (Å²) in [5.74, 6) is 1.19. The van der Waals surface area contributed by atoms with Crippen LogP contribution in [0.5, 0.6) is 0 Å². The minimum Gasteiger partial charge on any atom is -0.397 e. The third-order valence-corrected chi connectivity index (χ3v) is 3.61. The Bertz CT molecular complexity index is 339. The van der Waals surface area contributed by atoms with Crippen molar-refractivity contribution in [2.75, 3.05) is 29.7 Å². The van der Waals surface area contributed by atoms with Crippen molar-refractivity contribution in [3.63, 3.8) is 0 Å². The van der Waals surface area contributed by atoms with E-state index in [2.05, 4.69) is 44.2 Å². The minimum absolute atomic E-state index is 0.525. The summed E-state index contributed by atoms with van der Waals surface area (Å²) in [4.78, 5) is 2.28. The molecule has 0 aliphatic carbocycles. The van der Waals surface area contributed by atoms with Crippen molar-refractivity contribution in [2.45, 2.75) is 26.3 Å². The first-order valence-corrected chi connectivity index (χ1v) is 7.03. The zero-order valence-electron chi connectivity index (χ0n) is 10.7. The molecule has 90 valence electrons. The Balaban J connectivity index is 2.78. The van der Waals surface area contributed by atoms with E-state index in [1.165, 1.54) is 17.7 Å². The van der Waals surface area contributed by atoms with Crippen molar-refractivity contribution < 1.29 is 0 Å². The molecule has 0 spiro atoms. The second-order valence-electron chi connectivity index (χ2n) is 4.30. The first kappa shape index (κ1) is 13.2. The number of nitrogen functional groups attached to an aromatic ring is 1. The average molecular weight is 238 g/mol. The van der Waals surface area contributed by atoms with Gasteiger partial charge in [-0.25, -0.2) is 0 Å². The molecule has 1 atom stereocenters. The summed E-state index contributed by atoms with van der Waals surface area (Å²) in [5, 5.41) is 0. The van der Waals surface area contributed by atoms with E-state index in [-0.39, 0.29) is 0 Å². The number of thioether (sulfide) groups is 1. The Hall–Kier alpha value is -0.830. The molecular formula is C13H22N2S. The van der Waals surface area contributed by atoms with E-state index in [4.69, 9.17) is 5.73 Å². The predicted octanol–water partition coefficient (Wildman–Crippen LogP) is 3.16. The average Bonchev–Trinajstić information content (AvgIpc) is 2.28. The number of hydrogen-bond donors (Lipinski definition) is 1. The summed E-state index contributed by atoms with van der Waals surface area (Å²) in [7, 11) is 2.12. The van der Waals surface area contributed by atoms with Gasteiger partial charge in [-0.3, -0.25) is 0 Å². The van der Waals surface area contributed by atoms with E-state index in [9.17, 15) is 0 Å². The van der Waals surface area contributed by atoms with E-state index < -0.39 is 0 Å². The van der Waals surface area contributed by atoms with E-state index in [0.29, 0.717) is 6.04 Å². The molecule has 16 heavy (non-hydrogen) atoms. The van der Waals surface area contributed by atoms with Gasteiger partial charge in [-0.1, -0.05) is 6.07 Å². The summed E-state index contributed by atoms with van der Waals surface area (Å²) in [6.45, 7) is 4.35. The molecule has 2 N–H and O–H groups in total. The van der Waals surface area contributed by atoms with Crippen LogP contribution in [0.1, 0.15) is 18.9 Å². The van der Waals surface area contributed by atoms with Gasteiger partial charge < -0.3 is 10.6 Å². The van der Waals surface area contributed by atoms with E-state index in [1.54, 1.807) is 0 Å². The van der Waals surface area contributed by atoms with Gasteiger partial charge in [-0.05, 0) is 50.0 Å². The topological polar surface area (TPSA) is 29.3 Å². The molecule has 0 radical (unpaired) electrons. The van der Waals surface area contributed by atoms with Crippen LogP contribution in [0.25, 0.3) is 0 Å². The van der Waals surface area contributed by atoms with Crippen LogP contribution in [0, 0.1) is 6.92 Å². The maximum atomic E-state index is 6.01. The molecule has 0 aliphatic heterocycles. The number of hydrogen-bond acceptors (Lipinski definition) is 3. The van der Waals surface area contributed by atoms with Crippen LogP contribution in [-0.2, 0) is 0 Å². The summed E-state index contributed by atoms with van der Waals surface area (Å²) in [5.41, 5.74) is 9.28. The lowest BCUT2D eigenvalue weighted by molar-refractivity contribution is 0.670. The number of aryl methyl sites for hydroxylation is 1. The molecule has 3 heteroatoms. The fourth-order valence-corrected chi connectivity index (χ4v) is 2.26. The van der Waals surface area contributed by atoms with Crippen molar-refractivity contribution in [2.24, 2.45) is 0 Å². The predicted molar refractivity (Wildman–Crippen MR) is 76.5 cm³/mol. The first-order chi connectivity index (χ1) is 7.56. The monoisotopic (exact) mass is 238 g/mol. The van der Waals surface area contributed by atoms with Crippen LogP contribution < -0.4 is 10.6 Å². The van der Waals surface area contributed by atoms with Gasteiger partial charge in [0.2, 0.25) is 0 Å². The highest BCUT2D eigenvalue weighted by molar-refractivity contribution is 7.98. The zero-order chi connectivity index (χ0) is 12.1. The van der Waals surface area contributed by atoms with Crippen LogP contribution in [-0.4, -0.2) is 25.1 Å². The van der Waals surface area contributed by atoms with Crippen molar-refractivity contribution in [3.05, 3.63) is 23.8 Å². The summed E-state index contributed by atoms with van der Waals surface area (Å²) in [6, 6.07) is 6.73. The summed E-state index contributed by atoms with van der Waals surface area (Å²) >= 11 is 1.89. The van der Waals surface area contributed by atoms with Gasteiger partial charge in [-0.15, -0.1) is 0 Å².